The predicted molar refractivity (Wildman–Crippen MR) is 125 cm³/mol. The number of aliphatic hydroxyl groups excluding tert-OH is 1. The molecule has 0 saturated heterocycles. The maximum atomic E-state index is 12.8. The van der Waals surface area contributed by atoms with Crippen LogP contribution in [-0.4, -0.2) is 52.4 Å². The minimum atomic E-state index is -1.24. The number of aliphatic hydroxyl groups is 1. The van der Waals surface area contributed by atoms with Crippen LogP contribution >= 0.6 is 0 Å². The quantitative estimate of drug-likeness (QED) is 0.328. The second-order valence-corrected chi connectivity index (χ2v) is 9.66. The third-order valence-electron chi connectivity index (χ3n) is 6.84. The highest BCUT2D eigenvalue weighted by Crippen LogP contribution is 2.38. The van der Waals surface area contributed by atoms with Crippen LogP contribution in [0.15, 0.2) is 30.3 Å². The van der Waals surface area contributed by atoms with E-state index in [0.717, 1.165) is 44.9 Å². The smallest absolute Gasteiger partial charge is 0.405 e. The molecule has 5 N–H and O–H groups in total. The van der Waals surface area contributed by atoms with Crippen LogP contribution in [0, 0.1) is 5.92 Å². The molecule has 0 bridgehead atoms. The van der Waals surface area contributed by atoms with Gasteiger partial charge in [-0.15, -0.1) is 0 Å². The largest absolute Gasteiger partial charge is 0.465 e. The molecule has 8 heteroatoms. The third-order valence-corrected chi connectivity index (χ3v) is 6.84. The van der Waals surface area contributed by atoms with Crippen molar-refractivity contribution in [2.45, 2.75) is 88.3 Å². The molecule has 2 saturated carbocycles. The van der Waals surface area contributed by atoms with Crippen LogP contribution in [-0.2, 0) is 16.0 Å². The van der Waals surface area contributed by atoms with Crippen LogP contribution in [0.2, 0.25) is 0 Å². The van der Waals surface area contributed by atoms with Gasteiger partial charge in [0.05, 0.1) is 12.6 Å². The van der Waals surface area contributed by atoms with E-state index in [2.05, 4.69) is 28.1 Å². The molecule has 2 fully saturated rings. The van der Waals surface area contributed by atoms with Gasteiger partial charge in [-0.2, -0.15) is 0 Å². The SMILES string of the molecule is O=C(O)N[C@@H](CC1CCCCC1)C(=O)N[C@H](CO)CCC(=O)NC1(Cc2ccccc2)CC1. The number of benzene rings is 1. The molecule has 0 spiro atoms. The Morgan fingerprint density at radius 2 is 1.73 bits per heavy atom. The summed E-state index contributed by atoms with van der Waals surface area (Å²) in [5.41, 5.74) is 0.998. The monoisotopic (exact) mass is 459 g/mol. The van der Waals surface area contributed by atoms with Crippen LogP contribution in [0.3, 0.4) is 0 Å². The molecule has 2 atom stereocenters. The van der Waals surface area contributed by atoms with Gasteiger partial charge in [-0.25, -0.2) is 4.79 Å². The minimum Gasteiger partial charge on any atom is -0.465 e. The zero-order valence-electron chi connectivity index (χ0n) is 19.2. The number of carbonyl (C=O) groups is 3. The van der Waals surface area contributed by atoms with Crippen LogP contribution in [0.5, 0.6) is 0 Å². The maximum Gasteiger partial charge on any atom is 0.405 e. The Kier molecular flexibility index (Phi) is 9.11. The van der Waals surface area contributed by atoms with Crippen LogP contribution < -0.4 is 16.0 Å². The van der Waals surface area contributed by atoms with Crippen molar-refractivity contribution >= 4 is 17.9 Å². The Labute approximate surface area is 195 Å². The normalized spacial score (nSPS) is 19.2. The van der Waals surface area contributed by atoms with E-state index in [1.165, 1.54) is 12.0 Å². The van der Waals surface area contributed by atoms with Crippen molar-refractivity contribution < 1.29 is 24.6 Å². The van der Waals surface area contributed by atoms with Gasteiger partial charge in [0.1, 0.15) is 6.04 Å². The summed E-state index contributed by atoms with van der Waals surface area (Å²) in [5, 5.41) is 27.1. The number of hydrogen-bond donors (Lipinski definition) is 5. The van der Waals surface area contributed by atoms with E-state index in [9.17, 15) is 19.5 Å². The molecule has 1 aromatic carbocycles. The summed E-state index contributed by atoms with van der Waals surface area (Å²) >= 11 is 0. The molecule has 0 radical (unpaired) electrons. The van der Waals surface area contributed by atoms with Crippen molar-refractivity contribution in [3.8, 4) is 0 Å². The Morgan fingerprint density at radius 1 is 1.03 bits per heavy atom. The number of rotatable bonds is 12. The Morgan fingerprint density at radius 3 is 2.33 bits per heavy atom. The molecular formula is C25H37N3O5. The van der Waals surface area contributed by atoms with E-state index in [4.69, 9.17) is 5.11 Å². The highest BCUT2D eigenvalue weighted by Gasteiger charge is 2.43. The molecule has 182 valence electrons. The molecule has 0 unspecified atom stereocenters. The molecular weight excluding hydrogens is 422 g/mol. The molecule has 33 heavy (non-hydrogen) atoms. The number of hydrogen-bond acceptors (Lipinski definition) is 4. The summed E-state index contributed by atoms with van der Waals surface area (Å²) in [4.78, 5) is 36.5. The summed E-state index contributed by atoms with van der Waals surface area (Å²) < 4.78 is 0. The molecule has 2 aliphatic rings. The van der Waals surface area contributed by atoms with E-state index in [1.807, 2.05) is 18.2 Å². The van der Waals surface area contributed by atoms with Crippen LogP contribution in [0.1, 0.15) is 69.8 Å². The summed E-state index contributed by atoms with van der Waals surface area (Å²) in [5.74, 6) is -0.220. The molecule has 3 rings (SSSR count). The molecule has 0 aromatic heterocycles. The van der Waals surface area contributed by atoms with Crippen LogP contribution in [0.25, 0.3) is 0 Å². The fraction of sp³-hybridized carbons (Fsp3) is 0.640. The first kappa shape index (κ1) is 25.0. The summed E-state index contributed by atoms with van der Waals surface area (Å²) in [6.07, 6.45) is 7.76. The van der Waals surface area contributed by atoms with Crippen molar-refractivity contribution in [3.05, 3.63) is 35.9 Å². The van der Waals surface area contributed by atoms with Crippen molar-refractivity contribution in [2.75, 3.05) is 6.61 Å². The summed E-state index contributed by atoms with van der Waals surface area (Å²) in [6, 6.07) is 8.60. The Bertz CT molecular complexity index is 790. The van der Waals surface area contributed by atoms with Gasteiger partial charge in [0.25, 0.3) is 0 Å². The maximum absolute atomic E-state index is 12.8. The minimum absolute atomic E-state index is 0.0986. The van der Waals surface area contributed by atoms with Gasteiger partial charge in [-0.05, 0) is 43.6 Å². The topological polar surface area (TPSA) is 128 Å². The molecule has 8 nitrogen and oxygen atoms in total. The third kappa shape index (κ3) is 8.35. The van der Waals surface area contributed by atoms with Gasteiger partial charge in [-0.3, -0.25) is 9.59 Å². The number of carbonyl (C=O) groups excluding carboxylic acids is 2. The van der Waals surface area contributed by atoms with Gasteiger partial charge in [0, 0.05) is 12.0 Å². The highest BCUT2D eigenvalue weighted by atomic mass is 16.4. The second kappa shape index (κ2) is 12.0. The van der Waals surface area contributed by atoms with Gasteiger partial charge in [0.2, 0.25) is 11.8 Å². The van der Waals surface area contributed by atoms with E-state index >= 15 is 0 Å². The van der Waals surface area contributed by atoms with Crippen LogP contribution in [0.4, 0.5) is 4.79 Å². The zero-order valence-corrected chi connectivity index (χ0v) is 19.2. The standard InChI is InChI=1S/C25H37N3O5/c29-17-20(26-23(31)21(27-24(32)33)15-18-7-3-1-4-8-18)11-12-22(30)28-25(13-14-25)16-19-9-5-2-6-10-19/h2,5-6,9-10,18,20-21,27,29H,1,3-4,7-8,11-17H2,(H,26,31)(H,28,30)(H,32,33)/t20-,21-/m0/s1. The summed E-state index contributed by atoms with van der Waals surface area (Å²) in [7, 11) is 0. The lowest BCUT2D eigenvalue weighted by molar-refractivity contribution is -0.126. The molecule has 3 amide bonds. The van der Waals surface area contributed by atoms with Crippen molar-refractivity contribution in [2.24, 2.45) is 5.92 Å². The summed E-state index contributed by atoms with van der Waals surface area (Å²) in [6.45, 7) is -0.308. The number of nitrogens with one attached hydrogen (secondary N) is 3. The fourth-order valence-corrected chi connectivity index (χ4v) is 4.79. The van der Waals surface area contributed by atoms with Gasteiger partial charge in [0.15, 0.2) is 0 Å². The number of amides is 3. The van der Waals surface area contributed by atoms with Crippen molar-refractivity contribution in [3.63, 3.8) is 0 Å². The number of carboxylic acid groups (broad SMARTS) is 1. The first-order valence-electron chi connectivity index (χ1n) is 12.1. The van der Waals surface area contributed by atoms with Crippen molar-refractivity contribution in [1.29, 1.82) is 0 Å². The van der Waals surface area contributed by atoms with E-state index in [-0.39, 0.29) is 24.5 Å². The van der Waals surface area contributed by atoms with Gasteiger partial charge < -0.3 is 26.2 Å². The fourth-order valence-electron chi connectivity index (χ4n) is 4.79. The molecule has 1 aromatic rings. The second-order valence-electron chi connectivity index (χ2n) is 9.66. The van der Waals surface area contributed by atoms with Gasteiger partial charge >= 0.3 is 6.09 Å². The first-order chi connectivity index (χ1) is 15.9. The predicted octanol–water partition coefficient (Wildman–Crippen LogP) is 2.74. The van der Waals surface area contributed by atoms with E-state index < -0.39 is 24.1 Å². The molecule has 0 heterocycles. The van der Waals surface area contributed by atoms with E-state index in [1.54, 1.807) is 0 Å². The van der Waals surface area contributed by atoms with Crippen molar-refractivity contribution in [1.82, 2.24) is 16.0 Å². The lowest BCUT2D eigenvalue weighted by Crippen LogP contribution is -2.51. The molecule has 2 aliphatic carbocycles. The van der Waals surface area contributed by atoms with E-state index in [0.29, 0.717) is 18.8 Å². The molecule has 0 aliphatic heterocycles. The lowest BCUT2D eigenvalue weighted by Gasteiger charge is -2.27. The first-order valence-corrected chi connectivity index (χ1v) is 12.1. The zero-order chi connectivity index (χ0) is 23.7. The highest BCUT2D eigenvalue weighted by molar-refractivity contribution is 5.85. The Balaban J connectivity index is 1.46. The average Bonchev–Trinajstić information content (AvgIpc) is 3.55. The average molecular weight is 460 g/mol. The van der Waals surface area contributed by atoms with Gasteiger partial charge in [-0.1, -0.05) is 62.4 Å². The Hall–Kier alpha value is -2.61. The lowest BCUT2D eigenvalue weighted by atomic mass is 9.84.